The van der Waals surface area contributed by atoms with E-state index in [1.807, 2.05) is 0 Å². The van der Waals surface area contributed by atoms with E-state index in [-0.39, 0.29) is 18.0 Å². The minimum Gasteiger partial charge on any atom is -0.391 e. The second-order valence-corrected chi connectivity index (χ2v) is 2.42. The van der Waals surface area contributed by atoms with Crippen molar-refractivity contribution in [3.05, 3.63) is 29.6 Å². The van der Waals surface area contributed by atoms with Crippen LogP contribution in [0.4, 0.5) is 0 Å². The first-order valence-electron chi connectivity index (χ1n) is 3.44. The number of hydrogen-bond donors (Lipinski definition) is 0. The van der Waals surface area contributed by atoms with Gasteiger partial charge in [0.05, 0.1) is 11.6 Å². The molecule has 1 aromatic heterocycles. The lowest BCUT2D eigenvalue weighted by molar-refractivity contribution is -0.123. The van der Waals surface area contributed by atoms with Crippen LogP contribution in [-0.2, 0) is 15.4 Å². The molecule has 0 radical (unpaired) electrons. The quantitative estimate of drug-likeness (QED) is 0.317. The molecule has 5 heteroatoms. The van der Waals surface area contributed by atoms with Crippen LogP contribution >= 0.6 is 11.6 Å². The topological polar surface area (TPSA) is 56.3 Å². The summed E-state index contributed by atoms with van der Waals surface area (Å²) in [5.41, 5.74) is 0.632. The van der Waals surface area contributed by atoms with E-state index in [9.17, 15) is 9.59 Å². The maximum atomic E-state index is 11.0. The lowest BCUT2D eigenvalue weighted by Gasteiger charge is -1.98. The van der Waals surface area contributed by atoms with Gasteiger partial charge in [0.1, 0.15) is 5.69 Å². The molecule has 0 atom stereocenters. The Morgan fingerprint density at radius 2 is 2.38 bits per heavy atom. The highest BCUT2D eigenvalue weighted by Gasteiger charge is 2.08. The number of halogens is 1. The van der Waals surface area contributed by atoms with Gasteiger partial charge >= 0.3 is 12.4 Å². The van der Waals surface area contributed by atoms with Gasteiger partial charge in [-0.05, 0) is 12.1 Å². The number of hydrogen-bond acceptors (Lipinski definition) is 4. The highest BCUT2D eigenvalue weighted by atomic mass is 35.5. The van der Waals surface area contributed by atoms with Crippen LogP contribution in [0, 0.1) is 0 Å². The molecule has 0 aliphatic carbocycles. The molecule has 0 spiro atoms. The van der Waals surface area contributed by atoms with Gasteiger partial charge in [-0.1, -0.05) is 6.07 Å². The third-order valence-corrected chi connectivity index (χ3v) is 1.58. The SMILES string of the molecule is O=COC(=O)c1cccc(CCl)n1. The molecule has 1 heterocycles. The van der Waals surface area contributed by atoms with Gasteiger partial charge in [-0.25, -0.2) is 9.78 Å². The molecule has 0 saturated heterocycles. The van der Waals surface area contributed by atoms with Crippen molar-refractivity contribution in [2.45, 2.75) is 5.88 Å². The number of carbonyl (C=O) groups is 2. The van der Waals surface area contributed by atoms with Crippen molar-refractivity contribution in [3.63, 3.8) is 0 Å². The summed E-state index contributed by atoms with van der Waals surface area (Å²) in [6.45, 7) is 0.0668. The lowest BCUT2D eigenvalue weighted by Crippen LogP contribution is -2.06. The Labute approximate surface area is 79.5 Å². The van der Waals surface area contributed by atoms with Gasteiger partial charge in [0.25, 0.3) is 0 Å². The third kappa shape index (κ3) is 2.52. The number of rotatable bonds is 3. The van der Waals surface area contributed by atoms with Crippen molar-refractivity contribution in [2.24, 2.45) is 0 Å². The summed E-state index contributed by atoms with van der Waals surface area (Å²) in [7, 11) is 0. The monoisotopic (exact) mass is 199 g/mol. The standard InChI is InChI=1S/C8H6ClNO3/c9-4-6-2-1-3-7(10-6)8(12)13-5-11/h1-3,5H,4H2. The van der Waals surface area contributed by atoms with E-state index in [2.05, 4.69) is 9.72 Å². The van der Waals surface area contributed by atoms with Gasteiger partial charge in [0, 0.05) is 0 Å². The first-order valence-corrected chi connectivity index (χ1v) is 3.98. The lowest BCUT2D eigenvalue weighted by atomic mass is 10.3. The number of ether oxygens (including phenoxy) is 1. The fourth-order valence-electron chi connectivity index (χ4n) is 0.772. The van der Waals surface area contributed by atoms with E-state index >= 15 is 0 Å². The summed E-state index contributed by atoms with van der Waals surface area (Å²) < 4.78 is 4.10. The van der Waals surface area contributed by atoms with Crippen molar-refractivity contribution in [1.29, 1.82) is 0 Å². The molecule has 1 aromatic rings. The largest absolute Gasteiger partial charge is 0.391 e. The Morgan fingerprint density at radius 1 is 1.62 bits per heavy atom. The Morgan fingerprint density at radius 3 is 3.00 bits per heavy atom. The van der Waals surface area contributed by atoms with E-state index in [0.29, 0.717) is 5.69 Å². The van der Waals surface area contributed by atoms with Gasteiger partial charge in [-0.2, -0.15) is 0 Å². The van der Waals surface area contributed by atoms with Crippen LogP contribution in [0.5, 0.6) is 0 Å². The Balaban J connectivity index is 2.87. The molecule has 1 rings (SSSR count). The summed E-state index contributed by atoms with van der Waals surface area (Å²) in [5.74, 6) is -0.565. The molecular formula is C8H6ClNO3. The van der Waals surface area contributed by atoms with E-state index < -0.39 is 5.97 Å². The van der Waals surface area contributed by atoms with Crippen LogP contribution in [0.1, 0.15) is 16.2 Å². The molecule has 0 N–H and O–H groups in total. The first-order chi connectivity index (χ1) is 6.27. The Bertz CT molecular complexity index is 327. The molecule has 0 unspecified atom stereocenters. The summed E-state index contributed by atoms with van der Waals surface area (Å²) in [4.78, 5) is 24.6. The number of nitrogens with zero attached hydrogens (tertiary/aromatic N) is 1. The fraction of sp³-hybridized carbons (Fsp3) is 0.125. The second-order valence-electron chi connectivity index (χ2n) is 2.15. The van der Waals surface area contributed by atoms with Crippen molar-refractivity contribution in [3.8, 4) is 0 Å². The van der Waals surface area contributed by atoms with E-state index in [0.717, 1.165) is 0 Å². The van der Waals surface area contributed by atoms with Crippen LogP contribution in [0.15, 0.2) is 18.2 Å². The highest BCUT2D eigenvalue weighted by molar-refractivity contribution is 6.16. The summed E-state index contributed by atoms with van der Waals surface area (Å²) >= 11 is 5.50. The zero-order valence-electron chi connectivity index (χ0n) is 6.57. The predicted molar refractivity (Wildman–Crippen MR) is 45.3 cm³/mol. The van der Waals surface area contributed by atoms with Crippen LogP contribution in [0.3, 0.4) is 0 Å². The molecule has 13 heavy (non-hydrogen) atoms. The summed E-state index contributed by atoms with van der Waals surface area (Å²) in [6, 6.07) is 4.73. The molecule has 0 fully saturated rings. The maximum Gasteiger partial charge on any atom is 0.364 e. The zero-order valence-corrected chi connectivity index (χ0v) is 7.32. The molecule has 68 valence electrons. The Kier molecular flexibility index (Phi) is 3.40. The number of aromatic nitrogens is 1. The van der Waals surface area contributed by atoms with Crippen molar-refractivity contribution in [1.82, 2.24) is 4.98 Å². The third-order valence-electron chi connectivity index (χ3n) is 1.31. The molecule has 0 amide bonds. The number of pyridine rings is 1. The average molecular weight is 200 g/mol. The number of alkyl halides is 1. The second kappa shape index (κ2) is 4.57. The van der Waals surface area contributed by atoms with Crippen molar-refractivity contribution < 1.29 is 14.3 Å². The Hall–Kier alpha value is -1.42. The molecule has 0 saturated carbocycles. The normalized spacial score (nSPS) is 9.31. The van der Waals surface area contributed by atoms with Crippen LogP contribution in [0.25, 0.3) is 0 Å². The molecule has 0 bridgehead atoms. The van der Waals surface area contributed by atoms with Gasteiger partial charge in [-0.15, -0.1) is 11.6 Å². The van der Waals surface area contributed by atoms with E-state index in [1.165, 1.54) is 6.07 Å². The van der Waals surface area contributed by atoms with Gasteiger partial charge < -0.3 is 4.74 Å². The minimum absolute atomic E-state index is 0.0668. The summed E-state index contributed by atoms with van der Waals surface area (Å²) in [6.07, 6.45) is 0. The molecule has 0 aliphatic rings. The fourth-order valence-corrected chi connectivity index (χ4v) is 0.921. The molecular weight excluding hydrogens is 194 g/mol. The highest BCUT2D eigenvalue weighted by Crippen LogP contribution is 2.03. The van der Waals surface area contributed by atoms with E-state index in [1.54, 1.807) is 12.1 Å². The smallest absolute Gasteiger partial charge is 0.364 e. The van der Waals surface area contributed by atoms with Crippen LogP contribution in [-0.4, -0.2) is 17.4 Å². The number of carbonyl (C=O) groups excluding carboxylic acids is 2. The number of esters is 1. The first kappa shape index (κ1) is 9.67. The van der Waals surface area contributed by atoms with E-state index in [4.69, 9.17) is 11.6 Å². The van der Waals surface area contributed by atoms with Crippen LogP contribution < -0.4 is 0 Å². The summed E-state index contributed by atoms with van der Waals surface area (Å²) in [5, 5.41) is 0. The predicted octanol–water partition coefficient (Wildman–Crippen LogP) is 1.13. The zero-order chi connectivity index (χ0) is 9.68. The van der Waals surface area contributed by atoms with Gasteiger partial charge in [0.2, 0.25) is 0 Å². The van der Waals surface area contributed by atoms with Crippen molar-refractivity contribution >= 4 is 24.0 Å². The molecule has 0 aliphatic heterocycles. The van der Waals surface area contributed by atoms with Gasteiger partial charge in [-0.3, -0.25) is 4.79 Å². The van der Waals surface area contributed by atoms with Crippen molar-refractivity contribution in [2.75, 3.05) is 0 Å². The van der Waals surface area contributed by atoms with Crippen LogP contribution in [0.2, 0.25) is 0 Å². The molecule has 0 aromatic carbocycles. The molecule has 4 nitrogen and oxygen atoms in total. The minimum atomic E-state index is -0.776. The average Bonchev–Trinajstić information content (AvgIpc) is 2.18. The van der Waals surface area contributed by atoms with Gasteiger partial charge in [0.15, 0.2) is 0 Å². The maximum absolute atomic E-state index is 11.0.